The minimum Gasteiger partial charge on any atom is -0.478 e. The van der Waals surface area contributed by atoms with Crippen molar-refractivity contribution < 1.29 is 9.53 Å². The standard InChI is InChI=1S/C14H13N3O2/c1-2-17-14(18)12(10-16)9-11-5-3-4-6-13(11)19-8-7-15/h3-6,9H,2,8H2,1H3,(H,17,18)/b12-9+. The molecule has 0 heterocycles. The summed E-state index contributed by atoms with van der Waals surface area (Å²) in [4.78, 5) is 11.6. The van der Waals surface area contributed by atoms with E-state index in [0.29, 0.717) is 17.9 Å². The molecule has 1 amide bonds. The highest BCUT2D eigenvalue weighted by molar-refractivity contribution is 6.01. The summed E-state index contributed by atoms with van der Waals surface area (Å²) in [5, 5.41) is 20.0. The molecule has 0 aliphatic heterocycles. The molecule has 19 heavy (non-hydrogen) atoms. The van der Waals surface area contributed by atoms with Crippen molar-refractivity contribution in [2.45, 2.75) is 6.92 Å². The van der Waals surface area contributed by atoms with E-state index in [2.05, 4.69) is 5.32 Å². The third-order valence-electron chi connectivity index (χ3n) is 2.21. The Labute approximate surface area is 111 Å². The van der Waals surface area contributed by atoms with Gasteiger partial charge in [0.15, 0.2) is 6.61 Å². The molecule has 0 fully saturated rings. The lowest BCUT2D eigenvalue weighted by Crippen LogP contribution is -2.23. The number of rotatable bonds is 5. The summed E-state index contributed by atoms with van der Waals surface area (Å²) in [5.74, 6) is 0.0289. The van der Waals surface area contributed by atoms with Crippen LogP contribution in [0.15, 0.2) is 29.8 Å². The Bertz CT molecular complexity index is 565. The Balaban J connectivity index is 3.05. The Morgan fingerprint density at radius 1 is 1.42 bits per heavy atom. The van der Waals surface area contributed by atoms with Crippen molar-refractivity contribution in [1.82, 2.24) is 5.32 Å². The zero-order valence-electron chi connectivity index (χ0n) is 10.5. The van der Waals surface area contributed by atoms with Gasteiger partial charge in [-0.2, -0.15) is 10.5 Å². The highest BCUT2D eigenvalue weighted by Crippen LogP contribution is 2.20. The van der Waals surface area contributed by atoms with Crippen molar-refractivity contribution in [1.29, 1.82) is 10.5 Å². The first-order chi connectivity index (χ1) is 9.22. The van der Waals surface area contributed by atoms with Gasteiger partial charge < -0.3 is 10.1 Å². The predicted octanol–water partition coefficient (Wildman–Crippen LogP) is 1.63. The number of hydrogen-bond donors (Lipinski definition) is 1. The lowest BCUT2D eigenvalue weighted by Gasteiger charge is -2.06. The van der Waals surface area contributed by atoms with Gasteiger partial charge in [-0.1, -0.05) is 18.2 Å². The summed E-state index contributed by atoms with van der Waals surface area (Å²) < 4.78 is 5.22. The van der Waals surface area contributed by atoms with E-state index in [9.17, 15) is 4.79 Å². The molecule has 1 N–H and O–H groups in total. The summed E-state index contributed by atoms with van der Waals surface area (Å²) in [6.07, 6.45) is 1.44. The fourth-order valence-electron chi connectivity index (χ4n) is 1.40. The highest BCUT2D eigenvalue weighted by atomic mass is 16.5. The van der Waals surface area contributed by atoms with Gasteiger partial charge in [-0.3, -0.25) is 4.79 Å². The molecule has 0 saturated carbocycles. The molecule has 0 atom stereocenters. The molecule has 5 nitrogen and oxygen atoms in total. The van der Waals surface area contributed by atoms with Crippen LogP contribution in [-0.4, -0.2) is 19.1 Å². The highest BCUT2D eigenvalue weighted by Gasteiger charge is 2.09. The molecule has 0 unspecified atom stereocenters. The van der Waals surface area contributed by atoms with E-state index < -0.39 is 5.91 Å². The van der Waals surface area contributed by atoms with Gasteiger partial charge in [-0.05, 0) is 19.1 Å². The number of carbonyl (C=O) groups is 1. The summed E-state index contributed by atoms with van der Waals surface area (Å²) in [5.41, 5.74) is 0.579. The van der Waals surface area contributed by atoms with Crippen molar-refractivity contribution in [3.05, 3.63) is 35.4 Å². The zero-order chi connectivity index (χ0) is 14.1. The molecule has 5 heteroatoms. The number of carbonyl (C=O) groups excluding carboxylic acids is 1. The van der Waals surface area contributed by atoms with Crippen LogP contribution in [0, 0.1) is 22.7 Å². The first kappa shape index (κ1) is 14.3. The fraction of sp³-hybridized carbons (Fsp3) is 0.214. The number of nitrogens with one attached hydrogen (secondary N) is 1. The van der Waals surface area contributed by atoms with Crippen molar-refractivity contribution in [2.75, 3.05) is 13.2 Å². The summed E-state index contributed by atoms with van der Waals surface area (Å²) in [7, 11) is 0. The molecule has 0 aliphatic rings. The van der Waals surface area contributed by atoms with Crippen LogP contribution in [0.4, 0.5) is 0 Å². The lowest BCUT2D eigenvalue weighted by molar-refractivity contribution is -0.116. The molecule has 0 aliphatic carbocycles. The summed E-state index contributed by atoms with van der Waals surface area (Å²) >= 11 is 0. The van der Waals surface area contributed by atoms with E-state index in [0.717, 1.165) is 0 Å². The number of nitriles is 2. The third-order valence-corrected chi connectivity index (χ3v) is 2.21. The van der Waals surface area contributed by atoms with Crippen LogP contribution in [0.5, 0.6) is 5.75 Å². The van der Waals surface area contributed by atoms with Crippen molar-refractivity contribution in [3.63, 3.8) is 0 Å². The van der Waals surface area contributed by atoms with Crippen LogP contribution in [0.1, 0.15) is 12.5 Å². The van der Waals surface area contributed by atoms with E-state index in [1.54, 1.807) is 31.2 Å². The molecule has 0 saturated heterocycles. The number of amides is 1. The van der Waals surface area contributed by atoms with E-state index >= 15 is 0 Å². The molecule has 96 valence electrons. The van der Waals surface area contributed by atoms with Gasteiger partial charge >= 0.3 is 0 Å². The van der Waals surface area contributed by atoms with Crippen LogP contribution >= 0.6 is 0 Å². The second-order valence-electron chi connectivity index (χ2n) is 3.51. The number of benzene rings is 1. The van der Waals surface area contributed by atoms with Gasteiger partial charge in [-0.25, -0.2) is 0 Å². The fourth-order valence-corrected chi connectivity index (χ4v) is 1.40. The smallest absolute Gasteiger partial charge is 0.261 e. The Morgan fingerprint density at radius 2 is 2.16 bits per heavy atom. The average molecular weight is 255 g/mol. The predicted molar refractivity (Wildman–Crippen MR) is 69.8 cm³/mol. The van der Waals surface area contributed by atoms with Crippen LogP contribution in [0.2, 0.25) is 0 Å². The lowest BCUT2D eigenvalue weighted by atomic mass is 10.1. The monoisotopic (exact) mass is 255 g/mol. The second-order valence-corrected chi connectivity index (χ2v) is 3.51. The van der Waals surface area contributed by atoms with Gasteiger partial charge in [0.2, 0.25) is 0 Å². The quantitative estimate of drug-likeness (QED) is 0.640. The van der Waals surface area contributed by atoms with Crippen molar-refractivity contribution in [2.24, 2.45) is 0 Å². The number of para-hydroxylation sites is 1. The Hall–Kier alpha value is -2.79. The maximum absolute atomic E-state index is 11.6. The van der Waals surface area contributed by atoms with Gasteiger partial charge in [0, 0.05) is 12.1 Å². The van der Waals surface area contributed by atoms with Crippen LogP contribution < -0.4 is 10.1 Å². The number of likely N-dealkylation sites (N-methyl/N-ethyl adjacent to an activating group) is 1. The molecular weight excluding hydrogens is 242 g/mol. The zero-order valence-corrected chi connectivity index (χ0v) is 10.5. The first-order valence-corrected chi connectivity index (χ1v) is 5.71. The number of nitrogens with zero attached hydrogens (tertiary/aromatic N) is 2. The van der Waals surface area contributed by atoms with Crippen molar-refractivity contribution >= 4 is 12.0 Å². The van der Waals surface area contributed by atoms with Crippen LogP contribution in [0.25, 0.3) is 6.08 Å². The maximum atomic E-state index is 11.6. The summed E-state index contributed by atoms with van der Waals surface area (Å²) in [6, 6.07) is 10.6. The molecule has 1 aromatic rings. The number of hydrogen-bond acceptors (Lipinski definition) is 4. The van der Waals surface area contributed by atoms with Gasteiger partial charge in [-0.15, -0.1) is 0 Å². The van der Waals surface area contributed by atoms with Gasteiger partial charge in [0.25, 0.3) is 5.91 Å². The normalized spacial score (nSPS) is 10.2. The van der Waals surface area contributed by atoms with Gasteiger partial charge in [0.1, 0.15) is 23.5 Å². The number of ether oxygens (including phenoxy) is 1. The Morgan fingerprint density at radius 3 is 2.79 bits per heavy atom. The molecule has 1 rings (SSSR count). The molecular formula is C14H13N3O2. The van der Waals surface area contributed by atoms with Crippen LogP contribution in [-0.2, 0) is 4.79 Å². The molecule has 0 spiro atoms. The average Bonchev–Trinajstić information content (AvgIpc) is 2.43. The molecule has 1 aromatic carbocycles. The van der Waals surface area contributed by atoms with Gasteiger partial charge in [0.05, 0.1) is 0 Å². The van der Waals surface area contributed by atoms with E-state index in [1.807, 2.05) is 12.1 Å². The second kappa shape index (κ2) is 7.52. The molecule has 0 bridgehead atoms. The Kier molecular flexibility index (Phi) is 5.65. The van der Waals surface area contributed by atoms with E-state index in [4.69, 9.17) is 15.3 Å². The summed E-state index contributed by atoms with van der Waals surface area (Å²) in [6.45, 7) is 2.13. The van der Waals surface area contributed by atoms with Crippen LogP contribution in [0.3, 0.4) is 0 Å². The SMILES string of the molecule is CCNC(=O)/C(C#N)=C/c1ccccc1OCC#N. The molecule has 0 radical (unpaired) electrons. The minimum absolute atomic E-state index is 0.00476. The largest absolute Gasteiger partial charge is 0.478 e. The van der Waals surface area contributed by atoms with E-state index in [-0.39, 0.29) is 12.2 Å². The maximum Gasteiger partial charge on any atom is 0.261 e. The third kappa shape index (κ3) is 4.18. The minimum atomic E-state index is -0.430. The topological polar surface area (TPSA) is 85.9 Å². The van der Waals surface area contributed by atoms with Crippen molar-refractivity contribution in [3.8, 4) is 17.9 Å². The van der Waals surface area contributed by atoms with E-state index in [1.165, 1.54) is 6.08 Å². The molecule has 0 aromatic heterocycles. The first-order valence-electron chi connectivity index (χ1n) is 5.71.